The van der Waals surface area contributed by atoms with Crippen molar-refractivity contribution >= 4 is 27.5 Å². The number of likely N-dealkylation sites (tertiary alicyclic amines) is 1. The molecule has 0 radical (unpaired) electrons. The Morgan fingerprint density at radius 2 is 1.76 bits per heavy atom. The van der Waals surface area contributed by atoms with Crippen molar-refractivity contribution in [2.45, 2.75) is 37.8 Å². The monoisotopic (exact) mass is 539 g/mol. The minimum absolute atomic E-state index is 0.0257. The average molecular weight is 540 g/mol. The van der Waals surface area contributed by atoms with Crippen LogP contribution in [0.3, 0.4) is 0 Å². The maximum absolute atomic E-state index is 13.6. The Kier molecular flexibility index (Phi) is 8.62. The first kappa shape index (κ1) is 27.1. The summed E-state index contributed by atoms with van der Waals surface area (Å²) in [5.74, 6) is -0.386. The Hall–Kier alpha value is -3.92. The van der Waals surface area contributed by atoms with E-state index in [1.165, 1.54) is 24.3 Å². The molecule has 4 rings (SSSR count). The van der Waals surface area contributed by atoms with Gasteiger partial charge in [0.25, 0.3) is 10.0 Å². The van der Waals surface area contributed by atoms with Gasteiger partial charge < -0.3 is 15.0 Å². The van der Waals surface area contributed by atoms with E-state index >= 15 is 0 Å². The summed E-state index contributed by atoms with van der Waals surface area (Å²) in [6.45, 7) is 3.20. The largest absolute Gasteiger partial charge is 0.494 e. The van der Waals surface area contributed by atoms with Gasteiger partial charge in [0, 0.05) is 26.1 Å². The molecule has 0 atom stereocenters. The van der Waals surface area contributed by atoms with Crippen molar-refractivity contribution in [3.05, 3.63) is 89.7 Å². The first-order valence-electron chi connectivity index (χ1n) is 12.4. The molecule has 8 nitrogen and oxygen atoms in total. The number of carbonyl (C=O) groups excluding carboxylic acids is 2. The molecule has 1 aliphatic rings. The Balaban J connectivity index is 1.48. The molecular formula is C28H30FN3O5S. The number of sulfonamides is 1. The third-order valence-corrected chi connectivity index (χ3v) is 7.94. The Morgan fingerprint density at radius 3 is 2.42 bits per heavy atom. The predicted octanol–water partition coefficient (Wildman–Crippen LogP) is 3.86. The molecule has 1 aliphatic heterocycles. The lowest BCUT2D eigenvalue weighted by molar-refractivity contribution is -0.128. The normalized spacial score (nSPS) is 13.4. The molecule has 0 unspecified atom stereocenters. The van der Waals surface area contributed by atoms with Crippen molar-refractivity contribution in [1.82, 2.24) is 10.2 Å². The molecule has 3 aromatic rings. The smallest absolute Gasteiger partial charge is 0.264 e. The number of nitrogens with one attached hydrogen (secondary N) is 1. The number of amides is 2. The summed E-state index contributed by atoms with van der Waals surface area (Å²) >= 11 is 0. The van der Waals surface area contributed by atoms with Crippen LogP contribution in [0, 0.1) is 5.82 Å². The topological polar surface area (TPSA) is 96.0 Å². The van der Waals surface area contributed by atoms with Crippen LogP contribution in [-0.4, -0.2) is 44.8 Å². The van der Waals surface area contributed by atoms with Gasteiger partial charge in [-0.2, -0.15) is 0 Å². The van der Waals surface area contributed by atoms with Gasteiger partial charge in [0.05, 0.1) is 17.2 Å². The van der Waals surface area contributed by atoms with E-state index in [4.69, 9.17) is 4.74 Å². The molecule has 2 amide bonds. The first-order chi connectivity index (χ1) is 18.3. The van der Waals surface area contributed by atoms with Gasteiger partial charge in [-0.3, -0.25) is 13.9 Å². The van der Waals surface area contributed by atoms with E-state index in [-0.39, 0.29) is 23.0 Å². The number of anilines is 1. The van der Waals surface area contributed by atoms with Crippen molar-refractivity contribution in [3.63, 3.8) is 0 Å². The molecule has 0 bridgehead atoms. The Labute approximate surface area is 222 Å². The van der Waals surface area contributed by atoms with E-state index in [2.05, 4.69) is 5.32 Å². The molecule has 38 heavy (non-hydrogen) atoms. The number of halogens is 1. The highest BCUT2D eigenvalue weighted by Crippen LogP contribution is 2.25. The van der Waals surface area contributed by atoms with Gasteiger partial charge >= 0.3 is 0 Å². The molecule has 3 aromatic carbocycles. The van der Waals surface area contributed by atoms with Crippen LogP contribution in [0.5, 0.6) is 5.75 Å². The van der Waals surface area contributed by atoms with Crippen LogP contribution in [0.15, 0.2) is 77.7 Å². The van der Waals surface area contributed by atoms with Crippen LogP contribution in [0.25, 0.3) is 0 Å². The highest BCUT2D eigenvalue weighted by atomic mass is 32.2. The van der Waals surface area contributed by atoms with Gasteiger partial charge in [0.2, 0.25) is 11.8 Å². The number of ether oxygens (including phenoxy) is 1. The Bertz CT molecular complexity index is 1380. The SMILES string of the molecule is CCOc1ccc(S(=O)(=O)N(CC(=O)NCc2cccc(CN3CCCC3=O)c2)c2ccc(F)cc2)cc1. The summed E-state index contributed by atoms with van der Waals surface area (Å²) in [4.78, 5) is 26.6. The number of hydrogen-bond acceptors (Lipinski definition) is 5. The number of hydrogen-bond donors (Lipinski definition) is 1. The lowest BCUT2D eigenvalue weighted by Crippen LogP contribution is -2.40. The maximum atomic E-state index is 13.6. The zero-order valence-electron chi connectivity index (χ0n) is 21.1. The molecule has 1 N–H and O–H groups in total. The first-order valence-corrected chi connectivity index (χ1v) is 13.8. The highest BCUT2D eigenvalue weighted by molar-refractivity contribution is 7.92. The minimum Gasteiger partial charge on any atom is -0.494 e. The average Bonchev–Trinajstić information content (AvgIpc) is 3.31. The summed E-state index contributed by atoms with van der Waals surface area (Å²) in [6.07, 6.45) is 1.43. The molecule has 0 saturated carbocycles. The van der Waals surface area contributed by atoms with Crippen molar-refractivity contribution < 1.29 is 27.1 Å². The second kappa shape index (κ2) is 12.1. The van der Waals surface area contributed by atoms with Crippen molar-refractivity contribution in [3.8, 4) is 5.75 Å². The molecule has 1 fully saturated rings. The zero-order chi connectivity index (χ0) is 27.1. The van der Waals surface area contributed by atoms with Gasteiger partial charge in [-0.05, 0) is 73.0 Å². The fourth-order valence-corrected chi connectivity index (χ4v) is 5.66. The quantitative estimate of drug-likeness (QED) is 0.399. The molecule has 10 heteroatoms. The van der Waals surface area contributed by atoms with E-state index in [0.29, 0.717) is 25.3 Å². The number of nitrogens with zero attached hydrogens (tertiary/aromatic N) is 2. The summed E-state index contributed by atoms with van der Waals surface area (Å²) in [6, 6.07) is 18.4. The summed E-state index contributed by atoms with van der Waals surface area (Å²) in [5, 5.41) is 2.77. The Morgan fingerprint density at radius 1 is 1.05 bits per heavy atom. The second-order valence-electron chi connectivity index (χ2n) is 8.91. The van der Waals surface area contributed by atoms with Crippen molar-refractivity contribution in [1.29, 1.82) is 0 Å². The van der Waals surface area contributed by atoms with Crippen LogP contribution < -0.4 is 14.4 Å². The van der Waals surface area contributed by atoms with Crippen LogP contribution in [-0.2, 0) is 32.7 Å². The summed E-state index contributed by atoms with van der Waals surface area (Å²) < 4.78 is 46.9. The van der Waals surface area contributed by atoms with E-state index in [0.717, 1.165) is 40.5 Å². The molecule has 1 heterocycles. The fourth-order valence-electron chi connectivity index (χ4n) is 4.24. The van der Waals surface area contributed by atoms with Crippen LogP contribution in [0.1, 0.15) is 30.9 Å². The van der Waals surface area contributed by atoms with E-state index in [1.807, 2.05) is 36.1 Å². The third kappa shape index (κ3) is 6.69. The summed E-state index contributed by atoms with van der Waals surface area (Å²) in [7, 11) is -4.15. The second-order valence-corrected chi connectivity index (χ2v) is 10.8. The van der Waals surface area contributed by atoms with Crippen LogP contribution in [0.2, 0.25) is 0 Å². The lowest BCUT2D eigenvalue weighted by Gasteiger charge is -2.24. The van der Waals surface area contributed by atoms with E-state index in [9.17, 15) is 22.4 Å². The molecule has 1 saturated heterocycles. The summed E-state index contributed by atoms with van der Waals surface area (Å²) in [5.41, 5.74) is 1.94. The third-order valence-electron chi connectivity index (χ3n) is 6.15. The maximum Gasteiger partial charge on any atom is 0.264 e. The molecule has 200 valence electrons. The molecular weight excluding hydrogens is 509 g/mol. The number of carbonyl (C=O) groups is 2. The van der Waals surface area contributed by atoms with Gasteiger partial charge in [-0.1, -0.05) is 24.3 Å². The van der Waals surface area contributed by atoms with Crippen molar-refractivity contribution in [2.75, 3.05) is 24.0 Å². The zero-order valence-corrected chi connectivity index (χ0v) is 21.9. The van der Waals surface area contributed by atoms with Crippen LogP contribution in [0.4, 0.5) is 10.1 Å². The van der Waals surface area contributed by atoms with E-state index < -0.39 is 28.3 Å². The predicted molar refractivity (Wildman–Crippen MR) is 141 cm³/mol. The van der Waals surface area contributed by atoms with Gasteiger partial charge in [0.15, 0.2) is 0 Å². The highest BCUT2D eigenvalue weighted by Gasteiger charge is 2.27. The fraction of sp³-hybridized carbons (Fsp3) is 0.286. The van der Waals surface area contributed by atoms with Gasteiger partial charge in [-0.15, -0.1) is 0 Å². The minimum atomic E-state index is -4.15. The lowest BCUT2D eigenvalue weighted by atomic mass is 10.1. The molecule has 0 aromatic heterocycles. The number of rotatable bonds is 11. The standard InChI is InChI=1S/C28H30FN3O5S/c1-2-37-25-12-14-26(15-13-25)38(35,36)32(24-10-8-23(29)9-11-24)20-27(33)30-18-21-5-3-6-22(17-21)19-31-16-4-7-28(31)34/h3,5-6,8-15,17H,2,4,7,16,18-20H2,1H3,(H,30,33). The molecule has 0 spiro atoms. The van der Waals surface area contributed by atoms with Gasteiger partial charge in [-0.25, -0.2) is 12.8 Å². The molecule has 0 aliphatic carbocycles. The van der Waals surface area contributed by atoms with E-state index in [1.54, 1.807) is 12.1 Å². The number of benzene rings is 3. The van der Waals surface area contributed by atoms with Crippen molar-refractivity contribution in [2.24, 2.45) is 0 Å². The van der Waals surface area contributed by atoms with Gasteiger partial charge in [0.1, 0.15) is 18.1 Å². The van der Waals surface area contributed by atoms with Crippen LogP contribution >= 0.6 is 0 Å².